The van der Waals surface area contributed by atoms with Gasteiger partial charge in [0.25, 0.3) is 5.91 Å². The normalized spacial score (nSPS) is 10.2. The quantitative estimate of drug-likeness (QED) is 0.379. The molecule has 88 valence electrons. The number of nitrogen functional groups attached to an aromatic ring is 1. The van der Waals surface area contributed by atoms with Crippen molar-refractivity contribution in [2.45, 2.75) is 10.8 Å². The van der Waals surface area contributed by atoms with Crippen molar-refractivity contribution in [1.29, 1.82) is 0 Å². The lowest BCUT2D eigenvalue weighted by Crippen LogP contribution is -2.29. The van der Waals surface area contributed by atoms with Gasteiger partial charge in [-0.15, -0.1) is 23.1 Å². The van der Waals surface area contributed by atoms with Crippen LogP contribution < -0.4 is 11.3 Å². The highest BCUT2D eigenvalue weighted by Gasteiger charge is 2.09. The summed E-state index contributed by atoms with van der Waals surface area (Å²) in [6.07, 6.45) is 1.75. The van der Waals surface area contributed by atoms with Crippen LogP contribution in [0.2, 0.25) is 0 Å². The molecule has 7 heteroatoms. The third-order valence-electron chi connectivity index (χ3n) is 1.88. The lowest BCUT2D eigenvalue weighted by Gasteiger charge is -1.97. The zero-order valence-corrected chi connectivity index (χ0v) is 10.4. The van der Waals surface area contributed by atoms with E-state index >= 15 is 0 Å². The monoisotopic (exact) mass is 266 g/mol. The van der Waals surface area contributed by atoms with Gasteiger partial charge in [-0.05, 0) is 12.1 Å². The number of carbonyl (C=O) groups excluding carboxylic acids is 1. The molecule has 5 nitrogen and oxygen atoms in total. The molecule has 0 spiro atoms. The number of nitrogens with one attached hydrogen (secondary N) is 1. The number of aromatic nitrogens is 2. The molecule has 2 aromatic rings. The number of carbonyl (C=O) groups is 1. The zero-order valence-electron chi connectivity index (χ0n) is 8.79. The van der Waals surface area contributed by atoms with Crippen LogP contribution in [-0.4, -0.2) is 15.9 Å². The van der Waals surface area contributed by atoms with Crippen molar-refractivity contribution in [2.75, 3.05) is 0 Å². The fourth-order valence-corrected chi connectivity index (χ4v) is 2.70. The Morgan fingerprint density at radius 3 is 3.12 bits per heavy atom. The number of hydrazine groups is 1. The smallest absolute Gasteiger partial charge is 0.288 e. The number of thiazole rings is 1. The van der Waals surface area contributed by atoms with Gasteiger partial charge in [-0.1, -0.05) is 6.07 Å². The Morgan fingerprint density at radius 1 is 1.53 bits per heavy atom. The first-order valence-corrected chi connectivity index (χ1v) is 6.65. The minimum absolute atomic E-state index is 0.357. The lowest BCUT2D eigenvalue weighted by molar-refractivity contribution is 0.0953. The molecular formula is C10H10N4OS2. The summed E-state index contributed by atoms with van der Waals surface area (Å²) in [6, 6.07) is 5.74. The Balaban J connectivity index is 1.96. The fourth-order valence-electron chi connectivity index (χ4n) is 1.12. The van der Waals surface area contributed by atoms with Gasteiger partial charge in [-0.3, -0.25) is 10.2 Å². The summed E-state index contributed by atoms with van der Waals surface area (Å²) in [5.74, 6) is 5.36. The number of rotatable bonds is 4. The number of hydrogen-bond donors (Lipinski definition) is 2. The van der Waals surface area contributed by atoms with Crippen molar-refractivity contribution in [1.82, 2.24) is 15.4 Å². The first-order valence-electron chi connectivity index (χ1n) is 4.79. The molecule has 2 aromatic heterocycles. The van der Waals surface area contributed by atoms with E-state index in [1.54, 1.807) is 18.0 Å². The average molecular weight is 266 g/mol. The molecule has 0 bridgehead atoms. The van der Waals surface area contributed by atoms with Gasteiger partial charge in [-0.25, -0.2) is 15.8 Å². The van der Waals surface area contributed by atoms with Crippen molar-refractivity contribution >= 4 is 29.0 Å². The Labute approximate surface area is 106 Å². The summed E-state index contributed by atoms with van der Waals surface area (Å²) in [5.41, 5.74) is 2.91. The van der Waals surface area contributed by atoms with Gasteiger partial charge in [-0.2, -0.15) is 0 Å². The molecule has 0 unspecified atom stereocenters. The van der Waals surface area contributed by atoms with Crippen LogP contribution in [0.15, 0.2) is 34.8 Å². The van der Waals surface area contributed by atoms with Crippen LogP contribution in [0.25, 0.3) is 0 Å². The van der Waals surface area contributed by atoms with Crippen LogP contribution in [0.1, 0.15) is 15.5 Å². The van der Waals surface area contributed by atoms with Crippen LogP contribution in [-0.2, 0) is 5.75 Å². The molecule has 0 aliphatic heterocycles. The number of pyridine rings is 1. The summed E-state index contributed by atoms with van der Waals surface area (Å²) in [4.78, 5) is 19.6. The number of thioether (sulfide) groups is 1. The van der Waals surface area contributed by atoms with Gasteiger partial charge in [0.05, 0.1) is 10.7 Å². The molecule has 0 aliphatic carbocycles. The van der Waals surface area contributed by atoms with E-state index < -0.39 is 0 Å². The second kappa shape index (κ2) is 5.76. The molecule has 0 fully saturated rings. The highest BCUT2D eigenvalue weighted by molar-refractivity contribution is 7.98. The van der Waals surface area contributed by atoms with E-state index in [9.17, 15) is 4.79 Å². The molecule has 0 aliphatic rings. The second-order valence-electron chi connectivity index (χ2n) is 3.07. The summed E-state index contributed by atoms with van der Waals surface area (Å²) < 4.78 is 0. The summed E-state index contributed by atoms with van der Waals surface area (Å²) in [5, 5.41) is 3.16. The molecule has 2 heterocycles. The fraction of sp³-hybridized carbons (Fsp3) is 0.100. The maximum Gasteiger partial charge on any atom is 0.294 e. The SMILES string of the molecule is NNC(=O)c1nc(CSc2ccccn2)cs1. The lowest BCUT2D eigenvalue weighted by atomic mass is 10.5. The van der Waals surface area contributed by atoms with E-state index in [0.717, 1.165) is 10.7 Å². The number of hydrogen-bond acceptors (Lipinski definition) is 6. The first-order chi connectivity index (χ1) is 8.29. The van der Waals surface area contributed by atoms with Gasteiger partial charge < -0.3 is 0 Å². The van der Waals surface area contributed by atoms with Gasteiger partial charge >= 0.3 is 0 Å². The highest BCUT2D eigenvalue weighted by Crippen LogP contribution is 2.21. The minimum atomic E-state index is -0.357. The maximum atomic E-state index is 11.2. The zero-order chi connectivity index (χ0) is 12.1. The van der Waals surface area contributed by atoms with Crippen molar-refractivity contribution in [3.63, 3.8) is 0 Å². The summed E-state index contributed by atoms with van der Waals surface area (Å²) in [7, 11) is 0. The van der Waals surface area contributed by atoms with E-state index in [1.807, 2.05) is 23.6 Å². The number of nitrogens with zero attached hydrogens (tertiary/aromatic N) is 2. The Kier molecular flexibility index (Phi) is 4.08. The largest absolute Gasteiger partial charge is 0.294 e. The maximum absolute atomic E-state index is 11.2. The molecule has 0 saturated heterocycles. The van der Waals surface area contributed by atoms with Crippen molar-refractivity contribution in [3.05, 3.63) is 40.5 Å². The van der Waals surface area contributed by atoms with Gasteiger partial charge in [0.15, 0.2) is 5.01 Å². The molecule has 0 atom stereocenters. The standard InChI is InChI=1S/C10H10N4OS2/c11-14-9(15)10-13-7(6-17-10)5-16-8-3-1-2-4-12-8/h1-4,6H,5,11H2,(H,14,15). The molecule has 3 N–H and O–H groups in total. The van der Waals surface area contributed by atoms with E-state index in [0.29, 0.717) is 10.8 Å². The average Bonchev–Trinajstić information content (AvgIpc) is 2.85. The van der Waals surface area contributed by atoms with E-state index in [1.165, 1.54) is 11.3 Å². The molecule has 0 saturated carbocycles. The van der Waals surface area contributed by atoms with Crippen LogP contribution >= 0.6 is 23.1 Å². The highest BCUT2D eigenvalue weighted by atomic mass is 32.2. The Bertz CT molecular complexity index is 500. The molecular weight excluding hydrogens is 256 g/mol. The predicted octanol–water partition coefficient (Wildman–Crippen LogP) is 1.43. The van der Waals surface area contributed by atoms with Gasteiger partial charge in [0.2, 0.25) is 0 Å². The molecule has 1 amide bonds. The first kappa shape index (κ1) is 12.0. The van der Waals surface area contributed by atoms with E-state index in [2.05, 4.69) is 15.4 Å². The topological polar surface area (TPSA) is 80.9 Å². The predicted molar refractivity (Wildman–Crippen MR) is 67.6 cm³/mol. The third-order valence-corrected chi connectivity index (χ3v) is 3.75. The molecule has 17 heavy (non-hydrogen) atoms. The van der Waals surface area contributed by atoms with Gasteiger partial charge in [0.1, 0.15) is 0 Å². The third kappa shape index (κ3) is 3.26. The Hall–Kier alpha value is -1.44. The van der Waals surface area contributed by atoms with E-state index in [4.69, 9.17) is 5.84 Å². The number of nitrogens with two attached hydrogens (primary N) is 1. The van der Waals surface area contributed by atoms with Crippen molar-refractivity contribution in [2.24, 2.45) is 5.84 Å². The molecule has 0 aromatic carbocycles. The minimum Gasteiger partial charge on any atom is -0.288 e. The summed E-state index contributed by atoms with van der Waals surface area (Å²) >= 11 is 2.86. The second-order valence-corrected chi connectivity index (χ2v) is 4.93. The van der Waals surface area contributed by atoms with Gasteiger partial charge in [0, 0.05) is 17.3 Å². The summed E-state index contributed by atoms with van der Waals surface area (Å²) in [6.45, 7) is 0. The van der Waals surface area contributed by atoms with E-state index in [-0.39, 0.29) is 5.91 Å². The van der Waals surface area contributed by atoms with Crippen LogP contribution in [0.4, 0.5) is 0 Å². The molecule has 2 rings (SSSR count). The van der Waals surface area contributed by atoms with Crippen molar-refractivity contribution < 1.29 is 4.79 Å². The van der Waals surface area contributed by atoms with Crippen LogP contribution in [0, 0.1) is 0 Å². The van der Waals surface area contributed by atoms with Crippen LogP contribution in [0.5, 0.6) is 0 Å². The van der Waals surface area contributed by atoms with Crippen molar-refractivity contribution in [3.8, 4) is 0 Å². The Morgan fingerprint density at radius 2 is 2.41 bits per heavy atom. The van der Waals surface area contributed by atoms with Crippen LogP contribution in [0.3, 0.4) is 0 Å². The molecule has 0 radical (unpaired) electrons. The number of amides is 1.